The Morgan fingerprint density at radius 3 is 2.29 bits per heavy atom. The van der Waals surface area contributed by atoms with E-state index in [1.54, 1.807) is 12.4 Å². The van der Waals surface area contributed by atoms with Gasteiger partial charge in [-0.1, -0.05) is 18.9 Å². The topological polar surface area (TPSA) is 46.1 Å². The fraction of sp³-hybridized carbons (Fsp3) is 0.353. The third kappa shape index (κ3) is 3.27. The van der Waals surface area contributed by atoms with Crippen LogP contribution in [0, 0.1) is 0 Å². The van der Waals surface area contributed by atoms with Crippen LogP contribution in [0.2, 0.25) is 0 Å². The van der Waals surface area contributed by atoms with Crippen LogP contribution in [0.15, 0.2) is 42.7 Å². The van der Waals surface area contributed by atoms with Crippen molar-refractivity contribution >= 4 is 5.91 Å². The van der Waals surface area contributed by atoms with Gasteiger partial charge in [-0.25, -0.2) is 0 Å². The third-order valence-electron chi connectivity index (χ3n) is 3.83. The molecule has 1 fully saturated rings. The predicted octanol–water partition coefficient (Wildman–Crippen LogP) is 3.16. The van der Waals surface area contributed by atoms with Gasteiger partial charge >= 0.3 is 0 Å². The molecule has 4 nitrogen and oxygen atoms in total. The van der Waals surface area contributed by atoms with Crippen molar-refractivity contribution in [1.29, 1.82) is 0 Å². The Kier molecular flexibility index (Phi) is 4.24. The molecule has 0 radical (unpaired) electrons. The molecule has 0 aromatic carbocycles. The lowest BCUT2D eigenvalue weighted by Gasteiger charge is -2.20. The Morgan fingerprint density at radius 1 is 0.905 bits per heavy atom. The van der Waals surface area contributed by atoms with Crippen molar-refractivity contribution in [3.05, 3.63) is 48.3 Å². The minimum Gasteiger partial charge on any atom is -0.339 e. The summed E-state index contributed by atoms with van der Waals surface area (Å²) in [6.45, 7) is 1.72. The summed E-state index contributed by atoms with van der Waals surface area (Å²) < 4.78 is 0. The van der Waals surface area contributed by atoms with E-state index in [0.29, 0.717) is 5.56 Å². The molecule has 0 bridgehead atoms. The fourth-order valence-electron chi connectivity index (χ4n) is 2.64. The van der Waals surface area contributed by atoms with E-state index in [-0.39, 0.29) is 5.91 Å². The van der Waals surface area contributed by atoms with Crippen molar-refractivity contribution in [3.63, 3.8) is 0 Å². The van der Waals surface area contributed by atoms with Crippen LogP contribution in [0.1, 0.15) is 36.0 Å². The van der Waals surface area contributed by atoms with Gasteiger partial charge in [0.25, 0.3) is 5.91 Å². The number of hydrogen-bond donors (Lipinski definition) is 0. The minimum absolute atomic E-state index is 0.0944. The largest absolute Gasteiger partial charge is 0.339 e. The summed E-state index contributed by atoms with van der Waals surface area (Å²) in [6.07, 6.45) is 8.06. The Morgan fingerprint density at radius 2 is 1.67 bits per heavy atom. The van der Waals surface area contributed by atoms with E-state index in [1.807, 2.05) is 35.2 Å². The van der Waals surface area contributed by atoms with Gasteiger partial charge < -0.3 is 4.90 Å². The summed E-state index contributed by atoms with van der Waals surface area (Å²) in [4.78, 5) is 23.1. The Balaban J connectivity index is 1.76. The number of likely N-dealkylation sites (tertiary alicyclic amines) is 1. The molecule has 108 valence electrons. The molecule has 0 unspecified atom stereocenters. The van der Waals surface area contributed by atoms with Crippen molar-refractivity contribution < 1.29 is 4.79 Å². The van der Waals surface area contributed by atoms with Gasteiger partial charge in [-0.2, -0.15) is 0 Å². The van der Waals surface area contributed by atoms with E-state index in [4.69, 9.17) is 0 Å². The molecule has 0 spiro atoms. The highest BCUT2D eigenvalue weighted by atomic mass is 16.2. The lowest BCUT2D eigenvalue weighted by Crippen LogP contribution is -2.31. The van der Waals surface area contributed by atoms with Gasteiger partial charge in [0.05, 0.1) is 17.0 Å². The number of aromatic nitrogens is 2. The molecule has 3 heterocycles. The number of nitrogens with zero attached hydrogens (tertiary/aromatic N) is 3. The van der Waals surface area contributed by atoms with Gasteiger partial charge in [0, 0.05) is 25.5 Å². The molecule has 1 amide bonds. The fourth-order valence-corrected chi connectivity index (χ4v) is 2.64. The monoisotopic (exact) mass is 281 g/mol. The Labute approximate surface area is 124 Å². The standard InChI is InChI=1S/C17H19N3O/c21-17(20-11-5-1-2-6-12-20)14-8-9-16(19-13-14)15-7-3-4-10-18-15/h3-4,7-10,13H,1-2,5-6,11-12H2. The van der Waals surface area contributed by atoms with Crippen LogP contribution in [0.25, 0.3) is 11.4 Å². The SMILES string of the molecule is O=C(c1ccc(-c2ccccn2)nc1)N1CCCCCC1. The first kappa shape index (κ1) is 13.7. The van der Waals surface area contributed by atoms with E-state index in [2.05, 4.69) is 9.97 Å². The van der Waals surface area contributed by atoms with Gasteiger partial charge in [-0.3, -0.25) is 14.8 Å². The van der Waals surface area contributed by atoms with E-state index in [0.717, 1.165) is 37.3 Å². The van der Waals surface area contributed by atoms with E-state index in [9.17, 15) is 4.79 Å². The maximum Gasteiger partial charge on any atom is 0.255 e. The first-order valence-corrected chi connectivity index (χ1v) is 7.51. The zero-order valence-corrected chi connectivity index (χ0v) is 12.0. The summed E-state index contributed by atoms with van der Waals surface area (Å²) in [5.74, 6) is 0.0944. The Bertz CT molecular complexity index is 587. The molecule has 4 heteroatoms. The number of rotatable bonds is 2. The highest BCUT2D eigenvalue weighted by Crippen LogP contribution is 2.16. The van der Waals surface area contributed by atoms with Crippen molar-refractivity contribution in [2.45, 2.75) is 25.7 Å². The molecule has 1 aliphatic rings. The quantitative estimate of drug-likeness (QED) is 0.849. The second kappa shape index (κ2) is 6.48. The first-order chi connectivity index (χ1) is 10.3. The van der Waals surface area contributed by atoms with Crippen molar-refractivity contribution in [2.24, 2.45) is 0 Å². The van der Waals surface area contributed by atoms with Gasteiger partial charge in [-0.05, 0) is 37.1 Å². The molecule has 1 saturated heterocycles. The number of carbonyl (C=O) groups is 1. The van der Waals surface area contributed by atoms with Crippen LogP contribution >= 0.6 is 0 Å². The molecule has 2 aromatic rings. The third-order valence-corrected chi connectivity index (χ3v) is 3.83. The maximum absolute atomic E-state index is 12.5. The zero-order valence-electron chi connectivity index (χ0n) is 12.0. The summed E-state index contributed by atoms with van der Waals surface area (Å²) in [7, 11) is 0. The minimum atomic E-state index is 0.0944. The molecule has 0 atom stereocenters. The Hall–Kier alpha value is -2.23. The first-order valence-electron chi connectivity index (χ1n) is 7.51. The van der Waals surface area contributed by atoms with Crippen LogP contribution in [0.5, 0.6) is 0 Å². The summed E-state index contributed by atoms with van der Waals surface area (Å²) in [5, 5.41) is 0. The highest BCUT2D eigenvalue weighted by Gasteiger charge is 2.17. The second-order valence-electron chi connectivity index (χ2n) is 5.35. The summed E-state index contributed by atoms with van der Waals surface area (Å²) >= 11 is 0. The van der Waals surface area contributed by atoms with E-state index in [1.165, 1.54) is 12.8 Å². The molecular formula is C17H19N3O. The van der Waals surface area contributed by atoms with Crippen molar-refractivity contribution in [2.75, 3.05) is 13.1 Å². The smallest absolute Gasteiger partial charge is 0.255 e. The van der Waals surface area contributed by atoms with E-state index < -0.39 is 0 Å². The van der Waals surface area contributed by atoms with Gasteiger partial charge in [0.1, 0.15) is 0 Å². The van der Waals surface area contributed by atoms with Gasteiger partial charge in [-0.15, -0.1) is 0 Å². The lowest BCUT2D eigenvalue weighted by atomic mass is 10.2. The second-order valence-corrected chi connectivity index (χ2v) is 5.35. The maximum atomic E-state index is 12.5. The summed E-state index contributed by atoms with van der Waals surface area (Å²) in [5.41, 5.74) is 2.28. The average Bonchev–Trinajstić information content (AvgIpc) is 2.84. The zero-order chi connectivity index (χ0) is 14.5. The molecule has 21 heavy (non-hydrogen) atoms. The number of hydrogen-bond acceptors (Lipinski definition) is 3. The predicted molar refractivity (Wildman–Crippen MR) is 81.8 cm³/mol. The van der Waals surface area contributed by atoms with Crippen molar-refractivity contribution in [1.82, 2.24) is 14.9 Å². The van der Waals surface area contributed by atoms with Gasteiger partial charge in [0.2, 0.25) is 0 Å². The molecule has 2 aromatic heterocycles. The number of carbonyl (C=O) groups excluding carboxylic acids is 1. The van der Waals surface area contributed by atoms with Crippen molar-refractivity contribution in [3.8, 4) is 11.4 Å². The number of amides is 1. The molecule has 0 N–H and O–H groups in total. The van der Waals surface area contributed by atoms with Crippen LogP contribution in [-0.2, 0) is 0 Å². The molecular weight excluding hydrogens is 262 g/mol. The summed E-state index contributed by atoms with van der Waals surface area (Å²) in [6, 6.07) is 9.44. The lowest BCUT2D eigenvalue weighted by molar-refractivity contribution is 0.0761. The molecule has 0 saturated carbocycles. The molecule has 0 aliphatic carbocycles. The van der Waals surface area contributed by atoms with E-state index >= 15 is 0 Å². The average molecular weight is 281 g/mol. The van der Waals surface area contributed by atoms with Crippen LogP contribution in [0.3, 0.4) is 0 Å². The molecule has 3 rings (SSSR count). The normalized spacial score (nSPS) is 15.5. The molecule has 1 aliphatic heterocycles. The highest BCUT2D eigenvalue weighted by molar-refractivity contribution is 5.94. The number of pyridine rings is 2. The van der Waals surface area contributed by atoms with Crippen LogP contribution in [0.4, 0.5) is 0 Å². The van der Waals surface area contributed by atoms with Crippen LogP contribution < -0.4 is 0 Å². The van der Waals surface area contributed by atoms with Crippen LogP contribution in [-0.4, -0.2) is 33.9 Å². The van der Waals surface area contributed by atoms with Gasteiger partial charge in [0.15, 0.2) is 0 Å².